The second-order valence-electron chi connectivity index (χ2n) is 9.48. The predicted octanol–water partition coefficient (Wildman–Crippen LogP) is 3.44. The number of nitrogens with one attached hydrogen (secondary N) is 3. The average Bonchev–Trinajstić information content (AvgIpc) is 2.96. The molecule has 0 saturated carbocycles. The molecule has 1 atom stereocenters. The summed E-state index contributed by atoms with van der Waals surface area (Å²) in [5.74, 6) is -1.11. The van der Waals surface area contributed by atoms with Crippen molar-refractivity contribution in [3.8, 4) is 0 Å². The Morgan fingerprint density at radius 2 is 1.63 bits per heavy atom. The zero-order valence-electron chi connectivity index (χ0n) is 22.4. The van der Waals surface area contributed by atoms with Gasteiger partial charge in [0.25, 0.3) is 5.69 Å². The molecular weight excluding hydrogens is 550 g/mol. The molecule has 1 aliphatic rings. The third kappa shape index (κ3) is 8.10. The van der Waals surface area contributed by atoms with Gasteiger partial charge >= 0.3 is 0 Å². The van der Waals surface area contributed by atoms with Gasteiger partial charge in [0.15, 0.2) is 0 Å². The number of non-ortho nitro benzene ring substituents is 1. The van der Waals surface area contributed by atoms with E-state index in [1.165, 1.54) is 36.4 Å². The van der Waals surface area contributed by atoms with Gasteiger partial charge in [0.2, 0.25) is 21.8 Å². The molecule has 0 spiro atoms. The van der Waals surface area contributed by atoms with E-state index < -0.39 is 32.8 Å². The lowest BCUT2D eigenvalue weighted by atomic mass is 10.1. The van der Waals surface area contributed by atoms with E-state index in [2.05, 4.69) is 20.3 Å². The summed E-state index contributed by atoms with van der Waals surface area (Å²) in [5, 5.41) is 16.3. The maximum atomic E-state index is 13.5. The standard InChI is InChI=1S/C28H31N5O7S/c1-20-6-12-23(13-7-20)41(38,39)31-25(14-15-27(34)29-21-8-10-22(11-9-21)33(36)37)28(35)30-24-4-2-3-5-26(24)32-16-18-40-19-17-32/h2-13,25,31H,14-19H2,1H3,(H,29,34)(H,30,35)/t25-/m0/s1. The Hall–Kier alpha value is -4.33. The van der Waals surface area contributed by atoms with Crippen molar-refractivity contribution >= 4 is 44.6 Å². The third-order valence-corrected chi connectivity index (χ3v) is 7.97. The van der Waals surface area contributed by atoms with E-state index in [0.717, 1.165) is 11.3 Å². The number of para-hydroxylation sites is 2. The van der Waals surface area contributed by atoms with Crippen LogP contribution in [0.3, 0.4) is 0 Å². The Bertz CT molecular complexity index is 1490. The molecule has 3 N–H and O–H groups in total. The van der Waals surface area contributed by atoms with Gasteiger partial charge in [0, 0.05) is 37.3 Å². The lowest BCUT2D eigenvalue weighted by Gasteiger charge is -2.30. The second-order valence-corrected chi connectivity index (χ2v) is 11.2. The lowest BCUT2D eigenvalue weighted by molar-refractivity contribution is -0.384. The molecule has 0 radical (unpaired) electrons. The number of morpholine rings is 1. The van der Waals surface area contributed by atoms with Crippen LogP contribution in [0.15, 0.2) is 77.7 Å². The molecule has 12 nitrogen and oxygen atoms in total. The van der Waals surface area contributed by atoms with Crippen LogP contribution in [-0.4, -0.2) is 57.5 Å². The summed E-state index contributed by atoms with van der Waals surface area (Å²) in [7, 11) is -4.10. The van der Waals surface area contributed by atoms with E-state index >= 15 is 0 Å². The normalized spacial score (nSPS) is 14.2. The summed E-state index contributed by atoms with van der Waals surface area (Å²) in [5.41, 5.74) is 2.37. The van der Waals surface area contributed by atoms with E-state index in [1.807, 2.05) is 19.1 Å². The second kappa shape index (κ2) is 13.4. The topological polar surface area (TPSA) is 160 Å². The highest BCUT2D eigenvalue weighted by molar-refractivity contribution is 7.89. The monoisotopic (exact) mass is 581 g/mol. The molecule has 0 unspecified atom stereocenters. The molecule has 1 heterocycles. The summed E-state index contributed by atoms with van der Waals surface area (Å²) in [6.45, 7) is 4.20. The number of sulfonamides is 1. The van der Waals surface area contributed by atoms with Gasteiger partial charge in [-0.3, -0.25) is 19.7 Å². The Balaban J connectivity index is 1.51. The third-order valence-electron chi connectivity index (χ3n) is 6.48. The maximum absolute atomic E-state index is 13.5. The molecule has 3 aromatic rings. The minimum absolute atomic E-state index is 0.00931. The van der Waals surface area contributed by atoms with Crippen molar-refractivity contribution < 1.29 is 27.7 Å². The molecule has 4 rings (SSSR count). The molecular formula is C28H31N5O7S. The average molecular weight is 582 g/mol. The first-order valence-corrected chi connectivity index (χ1v) is 14.5. The fourth-order valence-electron chi connectivity index (χ4n) is 4.26. The molecule has 0 aliphatic carbocycles. The molecule has 13 heteroatoms. The van der Waals surface area contributed by atoms with Gasteiger partial charge < -0.3 is 20.3 Å². The fourth-order valence-corrected chi connectivity index (χ4v) is 5.49. The number of amides is 2. The molecule has 1 fully saturated rings. The number of carbonyl (C=O) groups is 2. The molecule has 0 aromatic heterocycles. The molecule has 1 saturated heterocycles. The highest BCUT2D eigenvalue weighted by Gasteiger charge is 2.28. The first-order valence-electron chi connectivity index (χ1n) is 13.0. The van der Waals surface area contributed by atoms with Crippen molar-refractivity contribution in [2.75, 3.05) is 41.8 Å². The van der Waals surface area contributed by atoms with E-state index in [4.69, 9.17) is 4.74 Å². The number of anilines is 3. The van der Waals surface area contributed by atoms with Crippen molar-refractivity contribution in [1.82, 2.24) is 4.72 Å². The van der Waals surface area contributed by atoms with Crippen LogP contribution in [0.2, 0.25) is 0 Å². The molecule has 3 aromatic carbocycles. The Morgan fingerprint density at radius 3 is 2.29 bits per heavy atom. The number of carbonyl (C=O) groups excluding carboxylic acids is 2. The number of hydrogen-bond donors (Lipinski definition) is 3. The minimum atomic E-state index is -4.10. The first kappa shape index (κ1) is 29.6. The lowest BCUT2D eigenvalue weighted by Crippen LogP contribution is -2.44. The first-order chi connectivity index (χ1) is 19.6. The van der Waals surface area contributed by atoms with Crippen molar-refractivity contribution in [2.24, 2.45) is 0 Å². The van der Waals surface area contributed by atoms with Gasteiger partial charge in [-0.2, -0.15) is 4.72 Å². The van der Waals surface area contributed by atoms with Crippen molar-refractivity contribution in [2.45, 2.75) is 30.7 Å². The van der Waals surface area contributed by atoms with E-state index in [-0.39, 0.29) is 23.4 Å². The number of nitro benzene ring substituents is 1. The maximum Gasteiger partial charge on any atom is 0.269 e. The van der Waals surface area contributed by atoms with Crippen LogP contribution in [0, 0.1) is 17.0 Å². The summed E-state index contributed by atoms with van der Waals surface area (Å²) in [4.78, 5) is 38.6. The number of ether oxygens (including phenoxy) is 1. The van der Waals surface area contributed by atoms with E-state index in [1.54, 1.807) is 24.3 Å². The van der Waals surface area contributed by atoms with Gasteiger partial charge in [0.05, 0.1) is 34.4 Å². The molecule has 41 heavy (non-hydrogen) atoms. The quantitative estimate of drug-likeness (QED) is 0.229. The van der Waals surface area contributed by atoms with E-state index in [9.17, 15) is 28.1 Å². The fraction of sp³-hybridized carbons (Fsp3) is 0.286. The van der Waals surface area contributed by atoms with Gasteiger partial charge in [0.1, 0.15) is 6.04 Å². The van der Waals surface area contributed by atoms with Gasteiger partial charge in [-0.05, 0) is 49.7 Å². The number of benzene rings is 3. The number of nitrogens with zero attached hydrogens (tertiary/aromatic N) is 2. The Kier molecular flexibility index (Phi) is 9.65. The predicted molar refractivity (Wildman–Crippen MR) is 154 cm³/mol. The molecule has 2 amide bonds. The SMILES string of the molecule is Cc1ccc(S(=O)(=O)N[C@@H](CCC(=O)Nc2ccc([N+](=O)[O-])cc2)C(=O)Nc2ccccc2N2CCOCC2)cc1. The number of nitro groups is 1. The molecule has 0 bridgehead atoms. The smallest absolute Gasteiger partial charge is 0.269 e. The van der Waals surface area contributed by atoms with Crippen LogP contribution < -0.4 is 20.3 Å². The van der Waals surface area contributed by atoms with Gasteiger partial charge in [-0.15, -0.1) is 0 Å². The minimum Gasteiger partial charge on any atom is -0.378 e. The highest BCUT2D eigenvalue weighted by Crippen LogP contribution is 2.27. The van der Waals surface area contributed by atoms with Crippen LogP contribution in [0.1, 0.15) is 18.4 Å². The zero-order valence-corrected chi connectivity index (χ0v) is 23.2. The van der Waals surface area contributed by atoms with Crippen LogP contribution in [-0.2, 0) is 24.3 Å². The Morgan fingerprint density at radius 1 is 0.976 bits per heavy atom. The van der Waals surface area contributed by atoms with Crippen LogP contribution in [0.4, 0.5) is 22.7 Å². The van der Waals surface area contributed by atoms with Crippen LogP contribution in [0.5, 0.6) is 0 Å². The van der Waals surface area contributed by atoms with Crippen LogP contribution in [0.25, 0.3) is 0 Å². The largest absolute Gasteiger partial charge is 0.378 e. The zero-order chi connectivity index (χ0) is 29.4. The van der Waals surface area contributed by atoms with Gasteiger partial charge in [-0.1, -0.05) is 29.8 Å². The summed E-state index contributed by atoms with van der Waals surface area (Å²) in [6, 6.07) is 17.4. The van der Waals surface area contributed by atoms with Gasteiger partial charge in [-0.25, -0.2) is 8.42 Å². The van der Waals surface area contributed by atoms with Crippen molar-refractivity contribution in [1.29, 1.82) is 0 Å². The highest BCUT2D eigenvalue weighted by atomic mass is 32.2. The molecule has 216 valence electrons. The Labute approximate surface area is 237 Å². The number of rotatable bonds is 11. The summed E-state index contributed by atoms with van der Waals surface area (Å²) < 4.78 is 34.2. The number of hydrogen-bond acceptors (Lipinski definition) is 8. The van der Waals surface area contributed by atoms with Crippen molar-refractivity contribution in [3.05, 3.63) is 88.5 Å². The number of aryl methyl sites for hydroxylation is 1. The summed E-state index contributed by atoms with van der Waals surface area (Å²) >= 11 is 0. The molecule has 1 aliphatic heterocycles. The summed E-state index contributed by atoms with van der Waals surface area (Å²) in [6.07, 6.45) is -0.341. The van der Waals surface area contributed by atoms with Crippen LogP contribution >= 0.6 is 0 Å². The van der Waals surface area contributed by atoms with E-state index in [0.29, 0.717) is 37.7 Å². The van der Waals surface area contributed by atoms with Crippen molar-refractivity contribution in [3.63, 3.8) is 0 Å².